The average molecular weight is 339 g/mol. The molecule has 7 nitrogen and oxygen atoms in total. The summed E-state index contributed by atoms with van der Waals surface area (Å²) >= 11 is 1.50. The number of nitrogens with one attached hydrogen (secondary N) is 2. The van der Waals surface area contributed by atoms with Gasteiger partial charge in [0.2, 0.25) is 6.17 Å². The number of aromatic nitrogens is 1. The number of hydrogen-bond acceptors (Lipinski definition) is 4. The molecule has 0 radical (unpaired) electrons. The monoisotopic (exact) mass is 339 g/mol. The highest BCUT2D eigenvalue weighted by atomic mass is 32.1. The summed E-state index contributed by atoms with van der Waals surface area (Å²) in [6.45, 7) is -0.309. The van der Waals surface area contributed by atoms with Crippen molar-refractivity contribution in [2.75, 3.05) is 11.9 Å². The third-order valence-corrected chi connectivity index (χ3v) is 3.75. The molecule has 0 aliphatic rings. The number of rotatable bonds is 6. The first-order valence-electron chi connectivity index (χ1n) is 6.61. The van der Waals surface area contributed by atoms with E-state index in [-0.39, 0.29) is 5.69 Å². The van der Waals surface area contributed by atoms with Gasteiger partial charge in [-0.3, -0.25) is 4.79 Å². The van der Waals surface area contributed by atoms with Crippen LogP contribution in [0.15, 0.2) is 40.6 Å². The zero-order valence-electron chi connectivity index (χ0n) is 11.9. The quantitative estimate of drug-likeness (QED) is 0.742. The number of anilines is 1. The van der Waals surface area contributed by atoms with Gasteiger partial charge in [-0.05, 0) is 23.6 Å². The van der Waals surface area contributed by atoms with E-state index in [1.54, 1.807) is 12.3 Å². The van der Waals surface area contributed by atoms with Crippen LogP contribution in [0.3, 0.4) is 0 Å². The second-order valence-electron chi connectivity index (χ2n) is 4.58. The summed E-state index contributed by atoms with van der Waals surface area (Å²) in [6.07, 6.45) is -0.611. The number of carboxylic acid groups (broad SMARTS) is 1. The molecule has 1 atom stereocenters. The smallest absolute Gasteiger partial charge is 0.340 e. The molecule has 0 spiro atoms. The van der Waals surface area contributed by atoms with Crippen molar-refractivity contribution in [2.24, 2.45) is 0 Å². The van der Waals surface area contributed by atoms with E-state index in [1.807, 2.05) is 17.5 Å². The number of halogens is 1. The molecular weight excluding hydrogens is 325 g/mol. The molecule has 0 aliphatic carbocycles. The minimum Gasteiger partial charge on any atom is -0.479 e. The third-order valence-electron chi connectivity index (χ3n) is 2.88. The van der Waals surface area contributed by atoms with Gasteiger partial charge in [-0.25, -0.2) is 14.0 Å². The molecule has 0 saturated carbocycles. The predicted molar refractivity (Wildman–Crippen MR) is 83.7 cm³/mol. The summed E-state index contributed by atoms with van der Waals surface area (Å²) < 4.78 is 14.3. The number of carbonyl (C=O) groups excluding carboxylic acids is 1. The van der Waals surface area contributed by atoms with Crippen LogP contribution in [-0.4, -0.2) is 34.4 Å². The number of urea groups is 1. The lowest BCUT2D eigenvalue weighted by Crippen LogP contribution is -2.38. The number of alkyl halides is 1. The first-order valence-corrected chi connectivity index (χ1v) is 7.49. The zero-order chi connectivity index (χ0) is 16.8. The van der Waals surface area contributed by atoms with E-state index in [0.717, 1.165) is 4.88 Å². The highest BCUT2D eigenvalue weighted by molar-refractivity contribution is 7.09. The molecule has 122 valence electrons. The van der Waals surface area contributed by atoms with Gasteiger partial charge >= 0.3 is 12.0 Å². The largest absolute Gasteiger partial charge is 0.479 e. The second kappa shape index (κ2) is 7.54. The maximum atomic E-state index is 12.9. The van der Waals surface area contributed by atoms with Crippen molar-refractivity contribution in [1.82, 2.24) is 9.88 Å². The Hall–Kier alpha value is -2.68. The third kappa shape index (κ3) is 4.65. The van der Waals surface area contributed by atoms with Crippen molar-refractivity contribution in [1.29, 1.82) is 0 Å². The van der Waals surface area contributed by atoms with Crippen LogP contribution in [0.25, 0.3) is 0 Å². The van der Waals surface area contributed by atoms with Crippen LogP contribution in [0.2, 0.25) is 0 Å². The van der Waals surface area contributed by atoms with Gasteiger partial charge in [0.25, 0.3) is 5.56 Å². The van der Waals surface area contributed by atoms with Crippen LogP contribution >= 0.6 is 11.3 Å². The van der Waals surface area contributed by atoms with Crippen LogP contribution < -0.4 is 16.2 Å². The zero-order valence-corrected chi connectivity index (χ0v) is 12.7. The number of pyridine rings is 1. The number of hydrogen-bond donors (Lipinski definition) is 3. The van der Waals surface area contributed by atoms with Gasteiger partial charge in [0, 0.05) is 11.1 Å². The number of amides is 2. The van der Waals surface area contributed by atoms with Gasteiger partial charge in [-0.15, -0.1) is 11.3 Å². The lowest BCUT2D eigenvalue weighted by molar-refractivity contribution is -0.142. The van der Waals surface area contributed by atoms with Crippen molar-refractivity contribution in [3.8, 4) is 0 Å². The molecule has 3 N–H and O–H groups in total. The molecule has 0 fully saturated rings. The molecule has 9 heteroatoms. The van der Waals surface area contributed by atoms with Crippen LogP contribution in [0, 0.1) is 0 Å². The number of aliphatic carboxylic acids is 1. The summed E-state index contributed by atoms with van der Waals surface area (Å²) in [4.78, 5) is 35.1. The Labute approximate surface area is 134 Å². The summed E-state index contributed by atoms with van der Waals surface area (Å²) in [5.41, 5.74) is -0.390. The van der Waals surface area contributed by atoms with Crippen molar-refractivity contribution in [2.45, 2.75) is 12.7 Å². The molecule has 2 aromatic rings. The van der Waals surface area contributed by atoms with E-state index in [1.165, 1.54) is 22.0 Å². The first kappa shape index (κ1) is 16.7. The lowest BCUT2D eigenvalue weighted by Gasteiger charge is -2.10. The molecule has 1 unspecified atom stereocenters. The fourth-order valence-corrected chi connectivity index (χ4v) is 2.47. The Morgan fingerprint density at radius 1 is 1.35 bits per heavy atom. The van der Waals surface area contributed by atoms with Crippen molar-refractivity contribution in [3.05, 3.63) is 51.1 Å². The van der Waals surface area contributed by atoms with E-state index in [9.17, 15) is 18.8 Å². The van der Waals surface area contributed by atoms with Crippen molar-refractivity contribution in [3.63, 3.8) is 0 Å². The van der Waals surface area contributed by atoms with E-state index >= 15 is 0 Å². The number of carbonyl (C=O) groups is 2. The molecule has 2 heterocycles. The standard InChI is InChI=1S/C14H14FN3O4S/c15-10(13(20)21)7-16-14(22)17-11-4-1-5-18(12(11)19)8-9-3-2-6-23-9/h1-6,10H,7-8H2,(H,20,21)(H2,16,17,22). The highest BCUT2D eigenvalue weighted by Gasteiger charge is 2.17. The molecule has 2 aromatic heterocycles. The van der Waals surface area contributed by atoms with E-state index in [0.29, 0.717) is 6.54 Å². The van der Waals surface area contributed by atoms with E-state index in [4.69, 9.17) is 5.11 Å². The van der Waals surface area contributed by atoms with Gasteiger partial charge in [-0.2, -0.15) is 0 Å². The maximum absolute atomic E-state index is 12.9. The van der Waals surface area contributed by atoms with Crippen LogP contribution in [0.1, 0.15) is 4.88 Å². The molecule has 0 aromatic carbocycles. The summed E-state index contributed by atoms with van der Waals surface area (Å²) in [5.74, 6) is -1.66. The molecule has 2 rings (SSSR count). The summed E-state index contributed by atoms with van der Waals surface area (Å²) in [7, 11) is 0. The number of thiophene rings is 1. The molecule has 0 bridgehead atoms. The van der Waals surface area contributed by atoms with E-state index in [2.05, 4.69) is 10.6 Å². The van der Waals surface area contributed by atoms with Crippen LogP contribution in [0.5, 0.6) is 0 Å². The molecule has 0 saturated heterocycles. The maximum Gasteiger partial charge on any atom is 0.340 e. The molecule has 2 amide bonds. The van der Waals surface area contributed by atoms with Gasteiger partial charge < -0.3 is 20.3 Å². The van der Waals surface area contributed by atoms with Crippen LogP contribution in [0.4, 0.5) is 14.9 Å². The lowest BCUT2D eigenvalue weighted by atomic mass is 10.3. The second-order valence-corrected chi connectivity index (χ2v) is 5.61. The Balaban J connectivity index is 2.01. The predicted octanol–water partition coefficient (Wildman–Crippen LogP) is 1.50. The normalized spacial score (nSPS) is 11.7. The molecular formula is C14H14FN3O4S. The molecule has 0 aliphatic heterocycles. The van der Waals surface area contributed by atoms with Crippen molar-refractivity contribution >= 4 is 29.0 Å². The number of nitrogens with zero attached hydrogens (tertiary/aromatic N) is 1. The number of carboxylic acids is 1. The average Bonchev–Trinajstić information content (AvgIpc) is 3.01. The fourth-order valence-electron chi connectivity index (χ4n) is 1.76. The Bertz CT molecular complexity index is 745. The summed E-state index contributed by atoms with van der Waals surface area (Å²) in [6, 6.07) is 5.92. The summed E-state index contributed by atoms with van der Waals surface area (Å²) in [5, 5.41) is 14.6. The Morgan fingerprint density at radius 2 is 2.13 bits per heavy atom. The minimum atomic E-state index is -2.20. The van der Waals surface area contributed by atoms with Gasteiger partial charge in [-0.1, -0.05) is 6.07 Å². The van der Waals surface area contributed by atoms with Gasteiger partial charge in [0.1, 0.15) is 5.69 Å². The SMILES string of the molecule is O=C(NCC(F)C(=O)O)Nc1cccn(Cc2cccs2)c1=O. The highest BCUT2D eigenvalue weighted by Crippen LogP contribution is 2.10. The van der Waals surface area contributed by atoms with Crippen LogP contribution in [-0.2, 0) is 11.3 Å². The van der Waals surface area contributed by atoms with Gasteiger partial charge in [0.05, 0.1) is 13.1 Å². The molecule has 23 heavy (non-hydrogen) atoms. The van der Waals surface area contributed by atoms with Gasteiger partial charge in [0.15, 0.2) is 0 Å². The topological polar surface area (TPSA) is 100 Å². The van der Waals surface area contributed by atoms with Crippen molar-refractivity contribution < 1.29 is 19.1 Å². The fraction of sp³-hybridized carbons (Fsp3) is 0.214. The Morgan fingerprint density at radius 3 is 2.78 bits per heavy atom. The minimum absolute atomic E-state index is 0.0206. The van der Waals surface area contributed by atoms with E-state index < -0.39 is 30.3 Å². The Kier molecular flexibility index (Phi) is 5.47. The first-order chi connectivity index (χ1) is 11.0.